The number of hydrogen-bond acceptors (Lipinski definition) is 3. The summed E-state index contributed by atoms with van der Waals surface area (Å²) in [6, 6.07) is 8.74. The number of likely N-dealkylation sites (tertiary alicyclic amines) is 1. The van der Waals surface area contributed by atoms with E-state index in [1.807, 2.05) is 13.0 Å². The maximum Gasteiger partial charge on any atom is 0.119 e. The molecule has 1 aromatic carbocycles. The molecule has 1 aliphatic rings. The van der Waals surface area contributed by atoms with Crippen LogP contribution in [0.1, 0.15) is 44.7 Å². The van der Waals surface area contributed by atoms with Crippen LogP contribution in [0.25, 0.3) is 0 Å². The molecule has 2 atom stereocenters. The number of benzene rings is 1. The summed E-state index contributed by atoms with van der Waals surface area (Å²) < 4.78 is 5.60. The van der Waals surface area contributed by atoms with Crippen LogP contribution >= 0.6 is 0 Å². The Hall–Kier alpha value is -1.06. The van der Waals surface area contributed by atoms with Gasteiger partial charge in [0.2, 0.25) is 0 Å². The lowest BCUT2D eigenvalue weighted by Gasteiger charge is -2.27. The lowest BCUT2D eigenvalue weighted by atomic mass is 10.0. The SMILES string of the molecule is CCCC1CCN(C(CN)c2cccc(OCC)c2)C1. The highest BCUT2D eigenvalue weighted by Crippen LogP contribution is 2.30. The first kappa shape index (κ1) is 15.3. The van der Waals surface area contributed by atoms with E-state index in [1.54, 1.807) is 0 Å². The zero-order valence-electron chi connectivity index (χ0n) is 12.8. The van der Waals surface area contributed by atoms with Crippen molar-refractivity contribution in [1.29, 1.82) is 0 Å². The van der Waals surface area contributed by atoms with Crippen LogP contribution in [0.2, 0.25) is 0 Å². The first-order valence-corrected chi connectivity index (χ1v) is 7.95. The lowest BCUT2D eigenvalue weighted by Crippen LogP contribution is -2.32. The summed E-state index contributed by atoms with van der Waals surface area (Å²) in [4.78, 5) is 2.55. The summed E-state index contributed by atoms with van der Waals surface area (Å²) in [5.74, 6) is 1.80. The predicted octanol–water partition coefficient (Wildman–Crippen LogP) is 3.21. The molecule has 0 aromatic heterocycles. The number of ether oxygens (including phenoxy) is 1. The molecule has 1 aliphatic heterocycles. The van der Waals surface area contributed by atoms with Gasteiger partial charge >= 0.3 is 0 Å². The molecule has 1 fully saturated rings. The molecule has 2 N–H and O–H groups in total. The third-order valence-corrected chi connectivity index (χ3v) is 4.23. The zero-order valence-corrected chi connectivity index (χ0v) is 12.8. The predicted molar refractivity (Wildman–Crippen MR) is 84.0 cm³/mol. The number of rotatable bonds is 7. The summed E-state index contributed by atoms with van der Waals surface area (Å²) in [5, 5.41) is 0. The van der Waals surface area contributed by atoms with E-state index in [4.69, 9.17) is 10.5 Å². The smallest absolute Gasteiger partial charge is 0.119 e. The van der Waals surface area contributed by atoms with Gasteiger partial charge in [0.25, 0.3) is 0 Å². The summed E-state index contributed by atoms with van der Waals surface area (Å²) in [6.07, 6.45) is 3.94. The highest BCUT2D eigenvalue weighted by molar-refractivity contribution is 5.31. The third kappa shape index (κ3) is 3.74. The van der Waals surface area contributed by atoms with Gasteiger partial charge in [-0.25, -0.2) is 0 Å². The minimum atomic E-state index is 0.331. The van der Waals surface area contributed by atoms with Gasteiger partial charge in [0.1, 0.15) is 5.75 Å². The largest absolute Gasteiger partial charge is 0.494 e. The topological polar surface area (TPSA) is 38.5 Å². The molecule has 0 radical (unpaired) electrons. The normalized spacial score (nSPS) is 21.1. The van der Waals surface area contributed by atoms with Crippen molar-refractivity contribution in [1.82, 2.24) is 4.90 Å². The maximum absolute atomic E-state index is 6.05. The Bertz CT molecular complexity index is 408. The summed E-state index contributed by atoms with van der Waals surface area (Å²) >= 11 is 0. The molecule has 0 aliphatic carbocycles. The number of nitrogens with two attached hydrogens (primary N) is 1. The molecule has 3 nitrogen and oxygen atoms in total. The zero-order chi connectivity index (χ0) is 14.4. The minimum absolute atomic E-state index is 0.331. The number of hydrogen-bond donors (Lipinski definition) is 1. The third-order valence-electron chi connectivity index (χ3n) is 4.23. The average molecular weight is 276 g/mol. The molecule has 1 aromatic rings. The van der Waals surface area contributed by atoms with Gasteiger partial charge in [0, 0.05) is 19.1 Å². The Morgan fingerprint density at radius 1 is 1.40 bits per heavy atom. The second-order valence-electron chi connectivity index (χ2n) is 5.70. The fourth-order valence-corrected chi connectivity index (χ4v) is 3.26. The maximum atomic E-state index is 6.05. The van der Waals surface area contributed by atoms with Crippen LogP contribution in [0.15, 0.2) is 24.3 Å². The summed E-state index contributed by atoms with van der Waals surface area (Å²) in [6.45, 7) is 8.03. The first-order valence-electron chi connectivity index (χ1n) is 7.95. The fraction of sp³-hybridized carbons (Fsp3) is 0.647. The van der Waals surface area contributed by atoms with Crippen LogP contribution in [-0.2, 0) is 0 Å². The lowest BCUT2D eigenvalue weighted by molar-refractivity contribution is 0.239. The molecule has 2 rings (SSSR count). The van der Waals surface area contributed by atoms with Crippen molar-refractivity contribution in [2.75, 3.05) is 26.2 Å². The van der Waals surface area contributed by atoms with E-state index in [-0.39, 0.29) is 0 Å². The molecule has 0 bridgehead atoms. The molecule has 3 heteroatoms. The van der Waals surface area contributed by atoms with E-state index in [1.165, 1.54) is 37.9 Å². The first-order chi connectivity index (χ1) is 9.78. The second kappa shape index (κ2) is 7.65. The molecule has 0 amide bonds. The molecular formula is C17H28N2O. The van der Waals surface area contributed by atoms with E-state index in [0.717, 1.165) is 11.7 Å². The van der Waals surface area contributed by atoms with Crippen molar-refractivity contribution in [2.45, 2.75) is 39.2 Å². The van der Waals surface area contributed by atoms with Gasteiger partial charge in [-0.3, -0.25) is 4.90 Å². The van der Waals surface area contributed by atoms with Crippen molar-refractivity contribution in [3.05, 3.63) is 29.8 Å². The van der Waals surface area contributed by atoms with Gasteiger partial charge < -0.3 is 10.5 Å². The van der Waals surface area contributed by atoms with Crippen molar-refractivity contribution in [3.8, 4) is 5.75 Å². The van der Waals surface area contributed by atoms with E-state index in [2.05, 4.69) is 30.0 Å². The molecule has 2 unspecified atom stereocenters. The van der Waals surface area contributed by atoms with Crippen LogP contribution in [0.5, 0.6) is 5.75 Å². The molecular weight excluding hydrogens is 248 g/mol. The van der Waals surface area contributed by atoms with Crippen molar-refractivity contribution in [2.24, 2.45) is 11.7 Å². The van der Waals surface area contributed by atoms with Crippen molar-refractivity contribution < 1.29 is 4.74 Å². The molecule has 1 heterocycles. The Balaban J connectivity index is 2.06. The Morgan fingerprint density at radius 2 is 2.25 bits per heavy atom. The van der Waals surface area contributed by atoms with E-state index >= 15 is 0 Å². The van der Waals surface area contributed by atoms with Crippen LogP contribution in [-0.4, -0.2) is 31.1 Å². The van der Waals surface area contributed by atoms with Crippen LogP contribution in [0, 0.1) is 5.92 Å². The summed E-state index contributed by atoms with van der Waals surface area (Å²) in [5.41, 5.74) is 7.33. The quantitative estimate of drug-likeness (QED) is 0.831. The van der Waals surface area contributed by atoms with E-state index in [9.17, 15) is 0 Å². The highest BCUT2D eigenvalue weighted by Gasteiger charge is 2.28. The van der Waals surface area contributed by atoms with Crippen LogP contribution in [0.3, 0.4) is 0 Å². The van der Waals surface area contributed by atoms with Crippen LogP contribution < -0.4 is 10.5 Å². The minimum Gasteiger partial charge on any atom is -0.494 e. The van der Waals surface area contributed by atoms with Gasteiger partial charge in [-0.05, 0) is 49.9 Å². The number of nitrogens with zero attached hydrogens (tertiary/aromatic N) is 1. The standard InChI is InChI=1S/C17H28N2O/c1-3-6-14-9-10-19(13-14)17(12-18)15-7-5-8-16(11-15)20-4-2/h5,7-8,11,14,17H,3-4,6,9-10,12-13,18H2,1-2H3. The molecule has 1 saturated heterocycles. The van der Waals surface area contributed by atoms with Gasteiger partial charge in [0.05, 0.1) is 6.61 Å². The molecule has 112 valence electrons. The van der Waals surface area contributed by atoms with Gasteiger partial charge in [0.15, 0.2) is 0 Å². The van der Waals surface area contributed by atoms with Crippen LogP contribution in [0.4, 0.5) is 0 Å². The van der Waals surface area contributed by atoms with Crippen molar-refractivity contribution >= 4 is 0 Å². The summed E-state index contributed by atoms with van der Waals surface area (Å²) in [7, 11) is 0. The fourth-order valence-electron chi connectivity index (χ4n) is 3.26. The second-order valence-corrected chi connectivity index (χ2v) is 5.70. The molecule has 0 saturated carbocycles. The molecule has 20 heavy (non-hydrogen) atoms. The Kier molecular flexibility index (Phi) is 5.86. The molecule has 0 spiro atoms. The van der Waals surface area contributed by atoms with Gasteiger partial charge in [-0.15, -0.1) is 0 Å². The monoisotopic (exact) mass is 276 g/mol. The Morgan fingerprint density at radius 3 is 2.95 bits per heavy atom. The average Bonchev–Trinajstić information content (AvgIpc) is 2.89. The van der Waals surface area contributed by atoms with E-state index in [0.29, 0.717) is 19.2 Å². The van der Waals surface area contributed by atoms with Gasteiger partial charge in [-0.1, -0.05) is 25.5 Å². The van der Waals surface area contributed by atoms with Gasteiger partial charge in [-0.2, -0.15) is 0 Å². The highest BCUT2D eigenvalue weighted by atomic mass is 16.5. The van der Waals surface area contributed by atoms with E-state index < -0.39 is 0 Å². The Labute approximate surface area is 123 Å². The van der Waals surface area contributed by atoms with Crippen molar-refractivity contribution in [3.63, 3.8) is 0 Å².